The molecule has 2 atom stereocenters. The average molecular weight is 630 g/mol. The maximum absolute atomic E-state index is 9.75. The fourth-order valence-corrected chi connectivity index (χ4v) is 6.44. The standard InChI is InChI=1S/C29H63N3O2Si2.BF4/c1-28(2,3)35(7,8)33-23-17-15-21-25-19-13-11-12-14-20-26(32-27(30)31-25)22-16-18-24-34-36(9,10)29(4,5)6;2-1(3,4)5/h25-26H,11-24H2,1-10H3,(H3,30,31,32);/q;-1/p+1/t25-,26+;. The van der Waals surface area contributed by atoms with Crippen LogP contribution in [0.25, 0.3) is 0 Å². The molecule has 0 aromatic rings. The van der Waals surface area contributed by atoms with Crippen LogP contribution in [0, 0.1) is 0 Å². The Hall–Kier alpha value is -0.591. The Morgan fingerprint density at radius 2 is 1.17 bits per heavy atom. The van der Waals surface area contributed by atoms with E-state index in [9.17, 15) is 17.3 Å². The van der Waals surface area contributed by atoms with Crippen LogP contribution >= 0.6 is 0 Å². The highest BCUT2D eigenvalue weighted by Gasteiger charge is 2.37. The van der Waals surface area contributed by atoms with Crippen molar-refractivity contribution in [1.29, 1.82) is 0 Å². The second-order valence-corrected chi connectivity index (χ2v) is 24.4. The molecule has 0 radical (unpaired) electrons. The second kappa shape index (κ2) is 18.3. The second-order valence-electron chi connectivity index (χ2n) is 14.8. The first-order chi connectivity index (χ1) is 18.6. The van der Waals surface area contributed by atoms with Crippen LogP contribution in [0.2, 0.25) is 36.3 Å². The van der Waals surface area contributed by atoms with Gasteiger partial charge in [-0.3, -0.25) is 16.0 Å². The predicted molar refractivity (Wildman–Crippen MR) is 173 cm³/mol. The SMILES string of the molecule is CC(C)(C)[Si](C)(C)OCCCC[C@H]1CCCCCC[C@@H](CCCCO[Si](C)(C)C(C)(C)C)[NH+]=C(N)N1.F[B-](F)(F)F. The summed E-state index contributed by atoms with van der Waals surface area (Å²) in [4.78, 5) is 3.65. The normalized spacial score (nSPS) is 20.3. The molecule has 0 unspecified atom stereocenters. The van der Waals surface area contributed by atoms with E-state index in [1.165, 1.54) is 64.2 Å². The van der Waals surface area contributed by atoms with Crippen LogP contribution < -0.4 is 16.0 Å². The van der Waals surface area contributed by atoms with E-state index in [1.807, 2.05) is 0 Å². The van der Waals surface area contributed by atoms with Gasteiger partial charge in [-0.15, -0.1) is 0 Å². The summed E-state index contributed by atoms with van der Waals surface area (Å²) in [7, 11) is -9.27. The number of guanidine groups is 1. The molecule has 1 rings (SSSR count). The maximum atomic E-state index is 9.75. The van der Waals surface area contributed by atoms with Gasteiger partial charge in [-0.2, -0.15) is 0 Å². The summed E-state index contributed by atoms with van der Waals surface area (Å²) in [6.07, 6.45) is 14.7. The van der Waals surface area contributed by atoms with Gasteiger partial charge < -0.3 is 26.1 Å². The van der Waals surface area contributed by atoms with Gasteiger partial charge in [0.2, 0.25) is 0 Å². The highest BCUT2D eigenvalue weighted by molar-refractivity contribution is 6.74. The van der Waals surface area contributed by atoms with Gasteiger partial charge in [-0.05, 0) is 87.6 Å². The third kappa shape index (κ3) is 20.1. The van der Waals surface area contributed by atoms with Gasteiger partial charge in [0, 0.05) is 13.2 Å². The lowest BCUT2D eigenvalue weighted by Crippen LogP contribution is -2.84. The van der Waals surface area contributed by atoms with Crippen molar-refractivity contribution < 1.29 is 31.1 Å². The molecule has 0 amide bonds. The first-order valence-corrected chi connectivity index (χ1v) is 21.7. The Kier molecular flexibility index (Phi) is 18.0. The van der Waals surface area contributed by atoms with Gasteiger partial charge in [0.05, 0.1) is 12.1 Å². The van der Waals surface area contributed by atoms with Gasteiger partial charge >= 0.3 is 13.2 Å². The molecule has 12 heteroatoms. The molecule has 5 nitrogen and oxygen atoms in total. The topological polar surface area (TPSA) is 70.5 Å². The monoisotopic (exact) mass is 629 g/mol. The molecule has 0 saturated carbocycles. The third-order valence-corrected chi connectivity index (χ3v) is 18.1. The van der Waals surface area contributed by atoms with Crippen LogP contribution in [0.3, 0.4) is 0 Å². The molecule has 0 bridgehead atoms. The van der Waals surface area contributed by atoms with Crippen LogP contribution in [0.5, 0.6) is 0 Å². The number of rotatable bonds is 12. The fourth-order valence-electron chi connectivity index (χ4n) is 4.27. The lowest BCUT2D eigenvalue weighted by molar-refractivity contribution is -0.509. The van der Waals surface area contributed by atoms with Gasteiger partial charge in [0.1, 0.15) is 0 Å². The molecule has 0 saturated heterocycles. The van der Waals surface area contributed by atoms with Crippen molar-refractivity contribution in [2.75, 3.05) is 13.2 Å². The zero-order valence-corrected chi connectivity index (χ0v) is 30.0. The Labute approximate surface area is 251 Å². The third-order valence-electron chi connectivity index (χ3n) is 9.01. The quantitative estimate of drug-likeness (QED) is 0.117. The molecule has 1 heterocycles. The lowest BCUT2D eigenvalue weighted by atomic mass is 10.0. The molecule has 1 aliphatic rings. The molecule has 0 fully saturated rings. The minimum Gasteiger partial charge on any atom is -0.418 e. The number of nitrogens with two attached hydrogens (primary N) is 1. The van der Waals surface area contributed by atoms with E-state index in [2.05, 4.69) is 78.0 Å². The summed E-state index contributed by atoms with van der Waals surface area (Å²) in [6.45, 7) is 25.0. The number of halogens is 4. The van der Waals surface area contributed by atoms with Gasteiger partial charge in [-0.1, -0.05) is 67.2 Å². The zero-order valence-electron chi connectivity index (χ0n) is 28.0. The minimum absolute atomic E-state index is 0.284. The van der Waals surface area contributed by atoms with Crippen molar-refractivity contribution >= 4 is 29.8 Å². The van der Waals surface area contributed by atoms with Crippen molar-refractivity contribution in [1.82, 2.24) is 5.32 Å². The Morgan fingerprint density at radius 1 is 0.756 bits per heavy atom. The summed E-state index contributed by atoms with van der Waals surface area (Å²) in [5.74, 6) is 0.780. The van der Waals surface area contributed by atoms with Crippen molar-refractivity contribution in [2.24, 2.45) is 5.73 Å². The van der Waals surface area contributed by atoms with E-state index in [4.69, 9.17) is 14.6 Å². The van der Waals surface area contributed by atoms with E-state index in [1.54, 1.807) is 0 Å². The largest absolute Gasteiger partial charge is 0.673 e. The minimum atomic E-state index is -6.00. The molecule has 0 aromatic carbocycles. The van der Waals surface area contributed by atoms with Gasteiger partial charge in [0.25, 0.3) is 0 Å². The molecule has 0 aromatic heterocycles. The van der Waals surface area contributed by atoms with Crippen LogP contribution in [-0.2, 0) is 8.85 Å². The first kappa shape index (κ1) is 40.4. The molecular formula is C29H64BF4N3O2Si2. The molecule has 41 heavy (non-hydrogen) atoms. The van der Waals surface area contributed by atoms with E-state index < -0.39 is 23.9 Å². The molecule has 4 N–H and O–H groups in total. The Morgan fingerprint density at radius 3 is 1.61 bits per heavy atom. The Balaban J connectivity index is 0.00000292. The van der Waals surface area contributed by atoms with Gasteiger partial charge in [0.15, 0.2) is 16.6 Å². The van der Waals surface area contributed by atoms with E-state index in [-0.39, 0.29) is 10.1 Å². The van der Waals surface area contributed by atoms with Crippen LogP contribution in [-0.4, -0.2) is 55.1 Å². The smallest absolute Gasteiger partial charge is 0.418 e. The highest BCUT2D eigenvalue weighted by atomic mass is 28.4. The summed E-state index contributed by atoms with van der Waals surface area (Å²) < 4.78 is 51.8. The number of unbranched alkanes of at least 4 members (excludes halogenated alkanes) is 2. The summed E-state index contributed by atoms with van der Waals surface area (Å²) in [5.41, 5.74) is 6.48. The molecule has 1 aliphatic heterocycles. The van der Waals surface area contributed by atoms with E-state index in [0.717, 1.165) is 32.0 Å². The van der Waals surface area contributed by atoms with Crippen molar-refractivity contribution in [3.05, 3.63) is 0 Å². The van der Waals surface area contributed by atoms with Crippen LogP contribution in [0.15, 0.2) is 0 Å². The lowest BCUT2D eigenvalue weighted by Gasteiger charge is -2.36. The van der Waals surface area contributed by atoms with Crippen LogP contribution in [0.4, 0.5) is 17.3 Å². The molecule has 246 valence electrons. The number of hydrogen-bond donors (Lipinski definition) is 3. The Bertz CT molecular complexity index is 737. The van der Waals surface area contributed by atoms with Crippen molar-refractivity contribution in [2.45, 2.75) is 167 Å². The van der Waals surface area contributed by atoms with E-state index in [0.29, 0.717) is 12.1 Å². The first-order valence-electron chi connectivity index (χ1n) is 15.9. The van der Waals surface area contributed by atoms with Gasteiger partial charge in [-0.25, -0.2) is 0 Å². The maximum Gasteiger partial charge on any atom is 0.673 e. The fraction of sp³-hybridized carbons (Fsp3) is 0.966. The van der Waals surface area contributed by atoms with Crippen molar-refractivity contribution in [3.63, 3.8) is 0 Å². The average Bonchev–Trinajstić information content (AvgIpc) is 2.80. The highest BCUT2D eigenvalue weighted by Crippen LogP contribution is 2.37. The van der Waals surface area contributed by atoms with Crippen LogP contribution in [0.1, 0.15) is 119 Å². The zero-order chi connectivity index (χ0) is 32.0. The molecule has 0 spiro atoms. The molecular weight excluding hydrogens is 565 g/mol. The van der Waals surface area contributed by atoms with E-state index >= 15 is 0 Å². The molecule has 0 aliphatic carbocycles. The predicted octanol–water partition coefficient (Wildman–Crippen LogP) is 7.75. The number of nitrogens with one attached hydrogen (secondary N) is 2. The summed E-state index contributed by atoms with van der Waals surface area (Å²) in [6, 6.07) is 0.921. The summed E-state index contributed by atoms with van der Waals surface area (Å²) in [5, 5.41) is 4.21. The summed E-state index contributed by atoms with van der Waals surface area (Å²) >= 11 is 0. The number of hydrogen-bond acceptors (Lipinski definition) is 4. The van der Waals surface area contributed by atoms with Crippen molar-refractivity contribution in [3.8, 4) is 0 Å².